The number of fused-ring (bicyclic) bond motifs is 1. The SMILES string of the molecule is NC(=O)c1sc2nc(N3CCCC3)nc(SCc3ccccc3)c2c1N. The van der Waals surface area contributed by atoms with E-state index < -0.39 is 5.91 Å². The Morgan fingerprint density at radius 2 is 1.92 bits per heavy atom. The maximum Gasteiger partial charge on any atom is 0.260 e. The Morgan fingerprint density at radius 3 is 2.62 bits per heavy atom. The van der Waals surface area contributed by atoms with Crippen LogP contribution in [0.5, 0.6) is 0 Å². The Bertz CT molecular complexity index is 951. The van der Waals surface area contributed by atoms with Crippen LogP contribution in [0.3, 0.4) is 0 Å². The standard InChI is InChI=1S/C18H19N5OS2/c19-13-12-16(25-10-11-6-2-1-3-7-11)21-18(23-8-4-5-9-23)22-17(12)26-14(13)15(20)24/h1-3,6-7H,4-5,8-10,19H2,(H2,20,24). The highest BCUT2D eigenvalue weighted by atomic mass is 32.2. The first-order valence-electron chi connectivity index (χ1n) is 8.45. The average Bonchev–Trinajstić information content (AvgIpc) is 3.29. The van der Waals surface area contributed by atoms with Crippen molar-refractivity contribution in [2.75, 3.05) is 23.7 Å². The Morgan fingerprint density at radius 1 is 1.19 bits per heavy atom. The minimum absolute atomic E-state index is 0.356. The summed E-state index contributed by atoms with van der Waals surface area (Å²) in [5.41, 5.74) is 13.3. The summed E-state index contributed by atoms with van der Waals surface area (Å²) < 4.78 is 0. The third kappa shape index (κ3) is 3.22. The fourth-order valence-corrected chi connectivity index (χ4v) is 5.05. The Labute approximate surface area is 159 Å². The van der Waals surface area contributed by atoms with Crippen molar-refractivity contribution in [3.05, 3.63) is 40.8 Å². The lowest BCUT2D eigenvalue weighted by Crippen LogP contribution is -2.20. The highest BCUT2D eigenvalue weighted by molar-refractivity contribution is 7.98. The summed E-state index contributed by atoms with van der Waals surface area (Å²) >= 11 is 2.86. The molecule has 134 valence electrons. The zero-order valence-corrected chi connectivity index (χ0v) is 15.8. The summed E-state index contributed by atoms with van der Waals surface area (Å²) in [4.78, 5) is 24.4. The molecule has 6 nitrogen and oxygen atoms in total. The second-order valence-corrected chi connectivity index (χ2v) is 8.15. The fraction of sp³-hybridized carbons (Fsp3) is 0.278. The van der Waals surface area contributed by atoms with Crippen molar-refractivity contribution in [3.8, 4) is 0 Å². The molecule has 0 saturated carbocycles. The number of nitrogen functional groups attached to an aromatic ring is 1. The van der Waals surface area contributed by atoms with Crippen LogP contribution in [-0.4, -0.2) is 29.0 Å². The largest absolute Gasteiger partial charge is 0.397 e. The van der Waals surface area contributed by atoms with Gasteiger partial charge in [-0.2, -0.15) is 0 Å². The minimum atomic E-state index is -0.521. The van der Waals surface area contributed by atoms with Crippen molar-refractivity contribution in [3.63, 3.8) is 0 Å². The van der Waals surface area contributed by atoms with Crippen LogP contribution in [-0.2, 0) is 5.75 Å². The van der Waals surface area contributed by atoms with E-state index in [-0.39, 0.29) is 0 Å². The number of anilines is 2. The zero-order valence-electron chi connectivity index (χ0n) is 14.1. The summed E-state index contributed by atoms with van der Waals surface area (Å²) in [6, 6.07) is 10.2. The van der Waals surface area contributed by atoms with E-state index in [9.17, 15) is 4.79 Å². The maximum absolute atomic E-state index is 11.7. The number of thioether (sulfide) groups is 1. The van der Waals surface area contributed by atoms with Gasteiger partial charge in [-0.1, -0.05) is 30.3 Å². The lowest BCUT2D eigenvalue weighted by atomic mass is 10.2. The third-order valence-corrected chi connectivity index (χ3v) is 6.54. The van der Waals surface area contributed by atoms with Gasteiger partial charge in [-0.25, -0.2) is 9.97 Å². The molecule has 1 aliphatic heterocycles. The molecule has 1 aliphatic rings. The molecule has 0 aliphatic carbocycles. The summed E-state index contributed by atoms with van der Waals surface area (Å²) in [6.07, 6.45) is 2.29. The molecule has 4 rings (SSSR count). The van der Waals surface area contributed by atoms with Crippen LogP contribution in [0.25, 0.3) is 10.2 Å². The molecule has 0 bridgehead atoms. The van der Waals surface area contributed by atoms with E-state index in [1.165, 1.54) is 16.9 Å². The molecule has 26 heavy (non-hydrogen) atoms. The van der Waals surface area contributed by atoms with Crippen molar-refractivity contribution < 1.29 is 4.79 Å². The van der Waals surface area contributed by atoms with E-state index in [4.69, 9.17) is 16.5 Å². The molecule has 0 atom stereocenters. The second kappa shape index (κ2) is 7.13. The summed E-state index contributed by atoms with van der Waals surface area (Å²) in [7, 11) is 0. The van der Waals surface area contributed by atoms with Gasteiger partial charge in [0.05, 0.1) is 11.1 Å². The summed E-state index contributed by atoms with van der Waals surface area (Å²) in [5.74, 6) is 0.961. The Kier molecular flexibility index (Phi) is 4.69. The van der Waals surface area contributed by atoms with Crippen LogP contribution >= 0.6 is 23.1 Å². The molecule has 2 aromatic heterocycles. The van der Waals surface area contributed by atoms with Crippen LogP contribution in [0, 0.1) is 0 Å². The van der Waals surface area contributed by atoms with Crippen LogP contribution in [0.15, 0.2) is 35.4 Å². The van der Waals surface area contributed by atoms with E-state index in [0.717, 1.165) is 46.9 Å². The number of benzene rings is 1. The third-order valence-electron chi connectivity index (χ3n) is 4.37. The normalized spacial score (nSPS) is 14.2. The number of amides is 1. The lowest BCUT2D eigenvalue weighted by molar-refractivity contribution is 0.100. The van der Waals surface area contributed by atoms with Gasteiger partial charge in [0.15, 0.2) is 0 Å². The number of nitrogens with zero attached hydrogens (tertiary/aromatic N) is 3. The molecule has 3 aromatic rings. The van der Waals surface area contributed by atoms with Gasteiger partial charge in [-0.05, 0) is 18.4 Å². The van der Waals surface area contributed by atoms with Gasteiger partial charge in [0, 0.05) is 18.8 Å². The van der Waals surface area contributed by atoms with Crippen LogP contribution in [0.2, 0.25) is 0 Å². The van der Waals surface area contributed by atoms with E-state index in [1.54, 1.807) is 11.8 Å². The smallest absolute Gasteiger partial charge is 0.260 e. The predicted molar refractivity (Wildman–Crippen MR) is 108 cm³/mol. The lowest BCUT2D eigenvalue weighted by Gasteiger charge is -2.16. The van der Waals surface area contributed by atoms with E-state index in [2.05, 4.69) is 22.0 Å². The van der Waals surface area contributed by atoms with Gasteiger partial charge < -0.3 is 16.4 Å². The number of carbonyl (C=O) groups is 1. The number of aromatic nitrogens is 2. The van der Waals surface area contributed by atoms with Crippen LogP contribution < -0.4 is 16.4 Å². The molecule has 0 spiro atoms. The number of hydrogen-bond donors (Lipinski definition) is 2. The average molecular weight is 386 g/mol. The number of hydrogen-bond acceptors (Lipinski definition) is 7. The topological polar surface area (TPSA) is 98.1 Å². The Balaban J connectivity index is 1.77. The fourth-order valence-electron chi connectivity index (χ4n) is 3.05. The molecule has 4 N–H and O–H groups in total. The van der Waals surface area contributed by atoms with Crippen molar-refractivity contribution in [1.82, 2.24) is 9.97 Å². The molecule has 1 aromatic carbocycles. The number of thiophene rings is 1. The highest BCUT2D eigenvalue weighted by Crippen LogP contribution is 2.40. The van der Waals surface area contributed by atoms with Crippen molar-refractivity contribution in [1.29, 1.82) is 0 Å². The molecule has 1 amide bonds. The Hall–Kier alpha value is -2.32. The molecular weight excluding hydrogens is 366 g/mol. The number of carbonyl (C=O) groups excluding carboxylic acids is 1. The summed E-state index contributed by atoms with van der Waals surface area (Å²) in [6.45, 7) is 1.91. The van der Waals surface area contributed by atoms with Gasteiger partial charge in [-0.15, -0.1) is 23.1 Å². The first-order chi connectivity index (χ1) is 12.6. The minimum Gasteiger partial charge on any atom is -0.397 e. The van der Waals surface area contributed by atoms with E-state index in [1.807, 2.05) is 18.2 Å². The number of rotatable bonds is 5. The summed E-state index contributed by atoms with van der Waals surface area (Å²) in [5, 5.41) is 1.55. The van der Waals surface area contributed by atoms with Crippen LogP contribution in [0.4, 0.5) is 11.6 Å². The van der Waals surface area contributed by atoms with Crippen molar-refractivity contribution >= 4 is 50.9 Å². The molecule has 0 unspecified atom stereocenters. The van der Waals surface area contributed by atoms with Gasteiger partial charge in [0.2, 0.25) is 5.95 Å². The molecule has 8 heteroatoms. The molecule has 3 heterocycles. The highest BCUT2D eigenvalue weighted by Gasteiger charge is 2.23. The van der Waals surface area contributed by atoms with Gasteiger partial charge in [-0.3, -0.25) is 4.79 Å². The van der Waals surface area contributed by atoms with Crippen molar-refractivity contribution in [2.24, 2.45) is 5.73 Å². The van der Waals surface area contributed by atoms with Gasteiger partial charge in [0.1, 0.15) is 14.7 Å². The van der Waals surface area contributed by atoms with Gasteiger partial charge in [0.25, 0.3) is 5.91 Å². The number of primary amides is 1. The van der Waals surface area contributed by atoms with Crippen molar-refractivity contribution in [2.45, 2.75) is 23.6 Å². The first kappa shape index (κ1) is 17.1. The van der Waals surface area contributed by atoms with E-state index >= 15 is 0 Å². The number of nitrogens with two attached hydrogens (primary N) is 2. The molecule has 0 radical (unpaired) electrons. The quantitative estimate of drug-likeness (QED) is 0.517. The predicted octanol–water partition coefficient (Wildman–Crippen LogP) is 3.26. The molecule has 1 fully saturated rings. The van der Waals surface area contributed by atoms with Gasteiger partial charge >= 0.3 is 0 Å². The first-order valence-corrected chi connectivity index (χ1v) is 10.2. The molecule has 1 saturated heterocycles. The zero-order chi connectivity index (χ0) is 18.1. The monoisotopic (exact) mass is 385 g/mol. The van der Waals surface area contributed by atoms with E-state index in [0.29, 0.717) is 16.5 Å². The molecular formula is C18H19N5OS2. The van der Waals surface area contributed by atoms with Crippen LogP contribution in [0.1, 0.15) is 28.1 Å². The maximum atomic E-state index is 11.7. The second-order valence-electron chi connectivity index (χ2n) is 6.19.